The average Bonchev–Trinajstić information content (AvgIpc) is 3.05. The Kier molecular flexibility index (Phi) is 3.20. The van der Waals surface area contributed by atoms with E-state index < -0.39 is 0 Å². The third-order valence-corrected chi connectivity index (χ3v) is 4.07. The van der Waals surface area contributed by atoms with Crippen molar-refractivity contribution < 1.29 is 5.11 Å². The third kappa shape index (κ3) is 2.18. The Morgan fingerprint density at radius 1 is 1.08 bits per heavy atom. The van der Waals surface area contributed by atoms with E-state index >= 15 is 0 Å². The fraction of sp³-hybridized carbons (Fsp3) is 0.0526. The molecular weight excluding hydrogens is 302 g/mol. The molecule has 0 saturated carbocycles. The van der Waals surface area contributed by atoms with E-state index in [9.17, 15) is 9.90 Å². The molecule has 0 unspecified atom stereocenters. The van der Waals surface area contributed by atoms with Crippen molar-refractivity contribution in [2.24, 2.45) is 4.99 Å². The van der Waals surface area contributed by atoms with E-state index in [-0.39, 0.29) is 11.6 Å². The molecule has 24 heavy (non-hydrogen) atoms. The Hall–Kier alpha value is -3.34. The standard InChI is InChI=1S/C19H15N3O2/c1-12-15(14-9-5-6-10-16(14)20-12)11-17-18(23)22(19(24)21-17)13-7-3-2-4-8-13/h2-11,23H,1H3,(H,21,24). The summed E-state index contributed by atoms with van der Waals surface area (Å²) in [5, 5.41) is 10.5. The van der Waals surface area contributed by atoms with Gasteiger partial charge >= 0.3 is 5.69 Å². The molecule has 0 bridgehead atoms. The van der Waals surface area contributed by atoms with Gasteiger partial charge in [-0.15, -0.1) is 0 Å². The number of hydrogen-bond donors (Lipinski definition) is 2. The van der Waals surface area contributed by atoms with Crippen LogP contribution in [0.4, 0.5) is 5.69 Å². The highest BCUT2D eigenvalue weighted by Crippen LogP contribution is 2.36. The van der Waals surface area contributed by atoms with Crippen LogP contribution in [0.5, 0.6) is 5.88 Å². The van der Waals surface area contributed by atoms with E-state index in [1.807, 2.05) is 49.4 Å². The fourth-order valence-electron chi connectivity index (χ4n) is 2.92. The van der Waals surface area contributed by atoms with Crippen LogP contribution in [0.25, 0.3) is 17.3 Å². The van der Waals surface area contributed by atoms with E-state index in [1.54, 1.807) is 18.2 Å². The molecule has 0 saturated heterocycles. The van der Waals surface area contributed by atoms with E-state index in [0.29, 0.717) is 11.4 Å². The van der Waals surface area contributed by atoms with Gasteiger partial charge in [-0.3, -0.25) is 4.99 Å². The van der Waals surface area contributed by atoms with Gasteiger partial charge < -0.3 is 10.1 Å². The Labute approximate surface area is 138 Å². The van der Waals surface area contributed by atoms with Crippen molar-refractivity contribution in [2.75, 3.05) is 0 Å². The highest BCUT2D eigenvalue weighted by atomic mass is 16.3. The number of imidazole rings is 1. The summed E-state index contributed by atoms with van der Waals surface area (Å²) in [6.45, 7) is 1.91. The SMILES string of the molecule is CC1=Nc2ccccc2C1=Cc1[nH]c(=O)n(-c2ccccc2)c1O. The lowest BCUT2D eigenvalue weighted by atomic mass is 10.0. The maximum Gasteiger partial charge on any atom is 0.333 e. The molecule has 0 spiro atoms. The Bertz CT molecular complexity index is 1040. The van der Waals surface area contributed by atoms with E-state index in [4.69, 9.17) is 0 Å². The topological polar surface area (TPSA) is 70.4 Å². The lowest BCUT2D eigenvalue weighted by Gasteiger charge is -2.03. The molecule has 0 radical (unpaired) electrons. The molecule has 5 heteroatoms. The number of rotatable bonds is 2. The van der Waals surface area contributed by atoms with Crippen molar-refractivity contribution in [3.63, 3.8) is 0 Å². The molecule has 2 N–H and O–H groups in total. The van der Waals surface area contributed by atoms with Gasteiger partial charge in [-0.25, -0.2) is 9.36 Å². The lowest BCUT2D eigenvalue weighted by molar-refractivity contribution is 0.440. The molecule has 0 fully saturated rings. The Morgan fingerprint density at radius 2 is 1.79 bits per heavy atom. The van der Waals surface area contributed by atoms with Crippen LogP contribution in [0.1, 0.15) is 18.2 Å². The largest absolute Gasteiger partial charge is 0.493 e. The van der Waals surface area contributed by atoms with Crippen LogP contribution in [-0.2, 0) is 0 Å². The maximum atomic E-state index is 12.3. The summed E-state index contributed by atoms with van der Waals surface area (Å²) in [5.74, 6) is -0.115. The summed E-state index contributed by atoms with van der Waals surface area (Å²) in [5.41, 5.74) is 4.22. The van der Waals surface area contributed by atoms with Gasteiger partial charge in [-0.05, 0) is 31.2 Å². The summed E-state index contributed by atoms with van der Waals surface area (Å²) in [6, 6.07) is 16.8. The number of aromatic amines is 1. The number of aromatic nitrogens is 2. The molecule has 0 atom stereocenters. The van der Waals surface area contributed by atoms with Gasteiger partial charge in [0.05, 0.1) is 11.4 Å². The minimum atomic E-state index is -0.383. The predicted octanol–water partition coefficient (Wildman–Crippen LogP) is 3.52. The summed E-state index contributed by atoms with van der Waals surface area (Å²) < 4.78 is 1.25. The number of aromatic hydroxyl groups is 1. The summed E-state index contributed by atoms with van der Waals surface area (Å²) in [7, 11) is 0. The zero-order valence-corrected chi connectivity index (χ0v) is 13.0. The molecule has 3 aromatic rings. The molecule has 0 aliphatic carbocycles. The molecule has 2 aromatic carbocycles. The van der Waals surface area contributed by atoms with Gasteiger partial charge in [0.15, 0.2) is 0 Å². The van der Waals surface area contributed by atoms with Crippen LogP contribution < -0.4 is 5.69 Å². The van der Waals surface area contributed by atoms with E-state index in [2.05, 4.69) is 9.98 Å². The number of nitrogens with one attached hydrogen (secondary N) is 1. The second kappa shape index (κ2) is 5.38. The van der Waals surface area contributed by atoms with Crippen molar-refractivity contribution in [3.8, 4) is 11.6 Å². The molecule has 4 rings (SSSR count). The van der Waals surface area contributed by atoms with Crippen LogP contribution in [0.15, 0.2) is 64.4 Å². The van der Waals surface area contributed by atoms with Gasteiger partial charge in [-0.2, -0.15) is 0 Å². The lowest BCUT2D eigenvalue weighted by Crippen LogP contribution is -2.14. The number of H-pyrrole nitrogens is 1. The maximum absolute atomic E-state index is 12.3. The number of aliphatic imine (C=N–C) groups is 1. The minimum Gasteiger partial charge on any atom is -0.493 e. The van der Waals surface area contributed by atoms with Gasteiger partial charge in [0.1, 0.15) is 5.69 Å². The Morgan fingerprint density at radius 3 is 2.58 bits per heavy atom. The molecule has 1 aliphatic rings. The number of para-hydroxylation sites is 2. The zero-order valence-electron chi connectivity index (χ0n) is 13.0. The van der Waals surface area contributed by atoms with Crippen LogP contribution in [0.2, 0.25) is 0 Å². The highest BCUT2D eigenvalue weighted by molar-refractivity contribution is 6.31. The smallest absolute Gasteiger partial charge is 0.333 e. The zero-order chi connectivity index (χ0) is 16.7. The second-order valence-corrected chi connectivity index (χ2v) is 5.61. The highest BCUT2D eigenvalue weighted by Gasteiger charge is 2.19. The number of fused-ring (bicyclic) bond motifs is 1. The van der Waals surface area contributed by atoms with E-state index in [1.165, 1.54) is 4.57 Å². The third-order valence-electron chi connectivity index (χ3n) is 4.07. The quantitative estimate of drug-likeness (QED) is 0.759. The van der Waals surface area contributed by atoms with Crippen molar-refractivity contribution in [2.45, 2.75) is 6.92 Å². The molecule has 1 aromatic heterocycles. The molecular formula is C19H15N3O2. The summed E-state index contributed by atoms with van der Waals surface area (Å²) in [4.78, 5) is 19.5. The van der Waals surface area contributed by atoms with Crippen molar-refractivity contribution in [1.82, 2.24) is 9.55 Å². The first-order valence-corrected chi connectivity index (χ1v) is 7.61. The average molecular weight is 317 g/mol. The predicted molar refractivity (Wildman–Crippen MR) is 95.1 cm³/mol. The Balaban J connectivity index is 1.86. The molecule has 0 amide bonds. The second-order valence-electron chi connectivity index (χ2n) is 5.61. The van der Waals surface area contributed by atoms with E-state index in [0.717, 1.165) is 22.5 Å². The van der Waals surface area contributed by atoms with Crippen molar-refractivity contribution >= 4 is 23.0 Å². The number of hydrogen-bond acceptors (Lipinski definition) is 3. The van der Waals surface area contributed by atoms with Gasteiger partial charge in [0.2, 0.25) is 5.88 Å². The molecule has 5 nitrogen and oxygen atoms in total. The van der Waals surface area contributed by atoms with Crippen LogP contribution in [0.3, 0.4) is 0 Å². The molecule has 1 aliphatic heterocycles. The minimum absolute atomic E-state index is 0.115. The van der Waals surface area contributed by atoms with Crippen LogP contribution >= 0.6 is 0 Å². The first kappa shape index (κ1) is 14.3. The number of benzene rings is 2. The molecule has 2 heterocycles. The number of nitrogens with zero attached hydrogens (tertiary/aromatic N) is 2. The van der Waals surface area contributed by atoms with Crippen molar-refractivity contribution in [3.05, 3.63) is 76.3 Å². The summed E-state index contributed by atoms with van der Waals surface area (Å²) in [6.07, 6.45) is 1.76. The first-order chi connectivity index (χ1) is 11.6. The van der Waals surface area contributed by atoms with Crippen LogP contribution in [-0.4, -0.2) is 20.4 Å². The summed E-state index contributed by atoms with van der Waals surface area (Å²) >= 11 is 0. The van der Waals surface area contributed by atoms with Crippen molar-refractivity contribution in [1.29, 1.82) is 0 Å². The van der Waals surface area contributed by atoms with Gasteiger partial charge in [-0.1, -0.05) is 36.4 Å². The normalized spacial score (nSPS) is 14.7. The van der Waals surface area contributed by atoms with Gasteiger partial charge in [0, 0.05) is 16.8 Å². The monoisotopic (exact) mass is 317 g/mol. The van der Waals surface area contributed by atoms with Crippen LogP contribution in [0, 0.1) is 0 Å². The first-order valence-electron chi connectivity index (χ1n) is 7.61. The molecule has 118 valence electrons. The van der Waals surface area contributed by atoms with Gasteiger partial charge in [0.25, 0.3) is 0 Å². The fourth-order valence-corrected chi connectivity index (χ4v) is 2.92. The number of allylic oxidation sites excluding steroid dienone is 1.